The zero-order valence-corrected chi connectivity index (χ0v) is 16.3. The van der Waals surface area contributed by atoms with Crippen LogP contribution in [0.1, 0.15) is 17.3 Å². The van der Waals surface area contributed by atoms with E-state index >= 15 is 0 Å². The number of nitrogens with zero attached hydrogens (tertiary/aromatic N) is 3. The Hall–Kier alpha value is -3.35. The minimum absolute atomic E-state index is 0.0243. The van der Waals surface area contributed by atoms with Crippen molar-refractivity contribution in [2.45, 2.75) is 13.0 Å². The fraction of sp³-hybridized carbons (Fsp3) is 0.318. The predicted molar refractivity (Wildman–Crippen MR) is 108 cm³/mol. The van der Waals surface area contributed by atoms with Gasteiger partial charge in [-0.2, -0.15) is 0 Å². The van der Waals surface area contributed by atoms with Crippen LogP contribution >= 0.6 is 0 Å². The number of carbonyl (C=O) groups is 3. The van der Waals surface area contributed by atoms with Gasteiger partial charge in [0.1, 0.15) is 12.3 Å². The quantitative estimate of drug-likeness (QED) is 0.797. The van der Waals surface area contributed by atoms with Crippen molar-refractivity contribution in [1.82, 2.24) is 9.80 Å². The molecule has 2 aromatic carbocycles. The minimum atomic E-state index is -0.627. The van der Waals surface area contributed by atoms with Crippen molar-refractivity contribution < 1.29 is 19.1 Å². The van der Waals surface area contributed by atoms with E-state index in [-0.39, 0.29) is 24.3 Å². The van der Waals surface area contributed by atoms with Crippen molar-refractivity contribution in [3.8, 4) is 5.75 Å². The molecule has 0 bridgehead atoms. The Bertz CT molecular complexity index is 923. The highest BCUT2D eigenvalue weighted by Gasteiger charge is 2.34. The van der Waals surface area contributed by atoms with E-state index < -0.39 is 6.10 Å². The van der Waals surface area contributed by atoms with Crippen molar-refractivity contribution in [1.29, 1.82) is 0 Å². The van der Waals surface area contributed by atoms with Gasteiger partial charge in [0.15, 0.2) is 6.10 Å². The van der Waals surface area contributed by atoms with Crippen LogP contribution in [0.3, 0.4) is 0 Å². The number of hydrogen-bond acceptors (Lipinski definition) is 4. The molecule has 1 unspecified atom stereocenters. The molecule has 0 spiro atoms. The van der Waals surface area contributed by atoms with Crippen molar-refractivity contribution in [3.05, 3.63) is 60.2 Å². The molecule has 29 heavy (non-hydrogen) atoms. The molecule has 0 aliphatic carbocycles. The van der Waals surface area contributed by atoms with Crippen LogP contribution in [-0.2, 0) is 9.59 Å². The smallest absolute Gasteiger partial charge is 0.268 e. The fourth-order valence-electron chi connectivity index (χ4n) is 3.68. The molecule has 2 aromatic rings. The van der Waals surface area contributed by atoms with Gasteiger partial charge in [-0.15, -0.1) is 0 Å². The first-order valence-corrected chi connectivity index (χ1v) is 9.74. The largest absolute Gasteiger partial charge is 0.479 e. The number of anilines is 1. The molecule has 2 aliphatic rings. The highest BCUT2D eigenvalue weighted by molar-refractivity contribution is 6.03. The SMILES string of the molecule is CC1Oc2ccccc2N(CC(=O)N2CCN(C(=O)c3ccccc3)CC2)C1=O. The van der Waals surface area contributed by atoms with E-state index in [0.717, 1.165) is 0 Å². The summed E-state index contributed by atoms with van der Waals surface area (Å²) in [6, 6.07) is 16.4. The van der Waals surface area contributed by atoms with Crippen LogP contribution in [0.25, 0.3) is 0 Å². The summed E-state index contributed by atoms with van der Waals surface area (Å²) in [5.41, 5.74) is 1.26. The van der Waals surface area contributed by atoms with E-state index in [1.807, 2.05) is 30.3 Å². The van der Waals surface area contributed by atoms with Gasteiger partial charge >= 0.3 is 0 Å². The summed E-state index contributed by atoms with van der Waals surface area (Å²) >= 11 is 0. The molecule has 150 valence electrons. The van der Waals surface area contributed by atoms with Crippen molar-refractivity contribution in [2.24, 2.45) is 0 Å². The monoisotopic (exact) mass is 393 g/mol. The molecular weight excluding hydrogens is 370 g/mol. The molecule has 0 aromatic heterocycles. The average Bonchev–Trinajstić information content (AvgIpc) is 2.77. The standard InChI is InChI=1S/C22H23N3O4/c1-16-21(27)25(18-9-5-6-10-19(18)29-16)15-20(26)23-11-13-24(14-12-23)22(28)17-7-3-2-4-8-17/h2-10,16H,11-15H2,1H3. The Morgan fingerprint density at radius 1 is 0.931 bits per heavy atom. The van der Waals surface area contributed by atoms with Crippen LogP contribution in [0.15, 0.2) is 54.6 Å². The number of hydrogen-bond donors (Lipinski definition) is 0. The molecule has 3 amide bonds. The maximum Gasteiger partial charge on any atom is 0.268 e. The third-order valence-electron chi connectivity index (χ3n) is 5.31. The third kappa shape index (κ3) is 3.81. The average molecular weight is 393 g/mol. The van der Waals surface area contributed by atoms with Crippen LogP contribution in [-0.4, -0.2) is 66.3 Å². The molecule has 1 saturated heterocycles. The molecule has 0 N–H and O–H groups in total. The van der Waals surface area contributed by atoms with Crippen LogP contribution in [0, 0.1) is 0 Å². The van der Waals surface area contributed by atoms with Gasteiger partial charge in [0.25, 0.3) is 11.8 Å². The van der Waals surface area contributed by atoms with E-state index in [1.54, 1.807) is 41.0 Å². The molecule has 0 saturated carbocycles. The Balaban J connectivity index is 1.39. The molecule has 7 nitrogen and oxygen atoms in total. The number of rotatable bonds is 3. The lowest BCUT2D eigenvalue weighted by atomic mass is 10.1. The lowest BCUT2D eigenvalue weighted by molar-refractivity contribution is -0.134. The second-order valence-electron chi connectivity index (χ2n) is 7.19. The second-order valence-corrected chi connectivity index (χ2v) is 7.19. The molecular formula is C22H23N3O4. The first-order chi connectivity index (χ1) is 14.0. The van der Waals surface area contributed by atoms with Crippen LogP contribution in [0.2, 0.25) is 0 Å². The number of carbonyl (C=O) groups excluding carboxylic acids is 3. The summed E-state index contributed by atoms with van der Waals surface area (Å²) in [4.78, 5) is 43.0. The second kappa shape index (κ2) is 7.95. The summed E-state index contributed by atoms with van der Waals surface area (Å²) in [6.45, 7) is 3.51. The zero-order chi connectivity index (χ0) is 20.4. The third-order valence-corrected chi connectivity index (χ3v) is 5.31. The van der Waals surface area contributed by atoms with Gasteiger partial charge in [0.05, 0.1) is 5.69 Å². The van der Waals surface area contributed by atoms with Crippen LogP contribution in [0.4, 0.5) is 5.69 Å². The molecule has 7 heteroatoms. The van der Waals surface area contributed by atoms with Crippen LogP contribution < -0.4 is 9.64 Å². The normalized spacial score (nSPS) is 18.9. The highest BCUT2D eigenvalue weighted by atomic mass is 16.5. The van der Waals surface area contributed by atoms with E-state index in [9.17, 15) is 14.4 Å². The number of amides is 3. The Morgan fingerprint density at radius 3 is 2.28 bits per heavy atom. The van der Waals surface area contributed by atoms with Gasteiger partial charge in [-0.05, 0) is 31.2 Å². The van der Waals surface area contributed by atoms with Gasteiger partial charge in [0, 0.05) is 31.7 Å². The Labute approximate surface area is 169 Å². The molecule has 2 aliphatic heterocycles. The molecule has 0 radical (unpaired) electrons. The van der Waals surface area contributed by atoms with Gasteiger partial charge in [0.2, 0.25) is 5.91 Å². The maximum atomic E-state index is 12.9. The molecule has 1 fully saturated rings. The highest BCUT2D eigenvalue weighted by Crippen LogP contribution is 2.33. The minimum Gasteiger partial charge on any atom is -0.479 e. The first-order valence-electron chi connectivity index (χ1n) is 9.74. The first kappa shape index (κ1) is 19.0. The number of para-hydroxylation sites is 2. The molecule has 4 rings (SSSR count). The van der Waals surface area contributed by atoms with Gasteiger partial charge in [-0.1, -0.05) is 30.3 Å². The number of ether oxygens (including phenoxy) is 1. The van der Waals surface area contributed by atoms with E-state index in [4.69, 9.17) is 4.74 Å². The number of fused-ring (bicyclic) bond motifs is 1. The number of piperazine rings is 1. The maximum absolute atomic E-state index is 12.9. The lowest BCUT2D eigenvalue weighted by Gasteiger charge is -2.37. The van der Waals surface area contributed by atoms with Crippen molar-refractivity contribution in [2.75, 3.05) is 37.6 Å². The summed E-state index contributed by atoms with van der Waals surface area (Å²) in [5, 5.41) is 0. The van der Waals surface area contributed by atoms with E-state index in [0.29, 0.717) is 43.2 Å². The van der Waals surface area contributed by atoms with Gasteiger partial charge < -0.3 is 14.5 Å². The van der Waals surface area contributed by atoms with Gasteiger partial charge in [-0.25, -0.2) is 0 Å². The van der Waals surface area contributed by atoms with Crippen LogP contribution in [0.5, 0.6) is 5.75 Å². The Kier molecular flexibility index (Phi) is 5.20. The number of benzene rings is 2. The fourth-order valence-corrected chi connectivity index (χ4v) is 3.68. The molecule has 1 atom stereocenters. The van der Waals surface area contributed by atoms with Crippen molar-refractivity contribution >= 4 is 23.4 Å². The van der Waals surface area contributed by atoms with Gasteiger partial charge in [-0.3, -0.25) is 19.3 Å². The summed E-state index contributed by atoms with van der Waals surface area (Å²) in [6.07, 6.45) is -0.627. The zero-order valence-electron chi connectivity index (χ0n) is 16.3. The van der Waals surface area contributed by atoms with E-state index in [1.165, 1.54) is 4.90 Å². The predicted octanol–water partition coefficient (Wildman–Crippen LogP) is 1.79. The Morgan fingerprint density at radius 2 is 1.55 bits per heavy atom. The lowest BCUT2D eigenvalue weighted by Crippen LogP contribution is -2.54. The summed E-state index contributed by atoms with van der Waals surface area (Å²) in [5.74, 6) is 0.221. The topological polar surface area (TPSA) is 70.2 Å². The summed E-state index contributed by atoms with van der Waals surface area (Å²) < 4.78 is 5.62. The van der Waals surface area contributed by atoms with E-state index in [2.05, 4.69) is 0 Å². The van der Waals surface area contributed by atoms with Crippen molar-refractivity contribution in [3.63, 3.8) is 0 Å². The molecule has 2 heterocycles. The summed E-state index contributed by atoms with van der Waals surface area (Å²) in [7, 11) is 0.